The molecule has 0 unspecified atom stereocenters. The molecule has 0 saturated heterocycles. The monoisotopic (exact) mass is 295 g/mol. The third-order valence-corrected chi connectivity index (χ3v) is 4.19. The van der Waals surface area contributed by atoms with Crippen molar-refractivity contribution in [3.8, 4) is 5.75 Å². The minimum absolute atomic E-state index is 0.119. The van der Waals surface area contributed by atoms with Crippen molar-refractivity contribution in [1.82, 2.24) is 4.98 Å². The number of hydrogen-bond acceptors (Lipinski definition) is 3. The fourth-order valence-electron chi connectivity index (χ4n) is 2.95. The predicted molar refractivity (Wildman–Crippen MR) is 86.0 cm³/mol. The van der Waals surface area contributed by atoms with Crippen molar-refractivity contribution in [2.24, 2.45) is 5.92 Å². The number of aromatic nitrogens is 1. The normalized spacial score (nSPS) is 15.0. The molecule has 1 fully saturated rings. The Morgan fingerprint density at radius 3 is 2.59 bits per heavy atom. The van der Waals surface area contributed by atoms with Gasteiger partial charge in [0.2, 0.25) is 0 Å². The number of Topliss-reactive ketones (excluding diaryl/α,β-unsaturated/α-hetero) is 1. The van der Waals surface area contributed by atoms with E-state index in [0.717, 1.165) is 36.9 Å². The van der Waals surface area contributed by atoms with Gasteiger partial charge in [-0.25, -0.2) is 4.98 Å². The molecule has 0 N–H and O–H groups in total. The van der Waals surface area contributed by atoms with E-state index in [2.05, 4.69) is 4.98 Å². The number of carbonyl (C=O) groups excluding carboxylic acids is 1. The molecule has 3 heteroatoms. The molecule has 22 heavy (non-hydrogen) atoms. The molecule has 114 valence electrons. The Kier molecular flexibility index (Phi) is 4.52. The van der Waals surface area contributed by atoms with Crippen LogP contribution in [0, 0.1) is 12.8 Å². The van der Waals surface area contributed by atoms with Gasteiger partial charge in [0.25, 0.3) is 0 Å². The molecular formula is C19H21NO2. The molecular weight excluding hydrogens is 274 g/mol. The number of rotatable bonds is 5. The van der Waals surface area contributed by atoms with Crippen LogP contribution in [0.3, 0.4) is 0 Å². The van der Waals surface area contributed by atoms with Crippen molar-refractivity contribution in [2.45, 2.75) is 39.2 Å². The van der Waals surface area contributed by atoms with Gasteiger partial charge in [0.05, 0.1) is 0 Å². The van der Waals surface area contributed by atoms with Gasteiger partial charge in [0.1, 0.15) is 18.1 Å². The Hall–Kier alpha value is -2.16. The average molecular weight is 295 g/mol. The van der Waals surface area contributed by atoms with Gasteiger partial charge in [-0.15, -0.1) is 0 Å². The van der Waals surface area contributed by atoms with Crippen LogP contribution in [0.25, 0.3) is 0 Å². The van der Waals surface area contributed by atoms with Gasteiger partial charge >= 0.3 is 0 Å². The highest BCUT2D eigenvalue weighted by Crippen LogP contribution is 2.30. The highest BCUT2D eigenvalue weighted by Gasteiger charge is 2.27. The maximum atomic E-state index is 12.7. The van der Waals surface area contributed by atoms with Gasteiger partial charge < -0.3 is 4.74 Å². The van der Waals surface area contributed by atoms with Gasteiger partial charge in [0, 0.05) is 11.6 Å². The zero-order valence-electron chi connectivity index (χ0n) is 12.9. The summed E-state index contributed by atoms with van der Waals surface area (Å²) < 4.78 is 5.88. The van der Waals surface area contributed by atoms with Crippen molar-refractivity contribution in [3.63, 3.8) is 0 Å². The standard InChI is InChI=1S/C19H21NO2/c1-14-11-12-17(22-13-15-7-3-2-4-8-15)18(20-14)19(21)16-9-5-6-10-16/h2-4,7-8,11-12,16H,5-6,9-10,13H2,1H3. The van der Waals surface area contributed by atoms with E-state index in [1.807, 2.05) is 49.4 Å². The van der Waals surface area contributed by atoms with Crippen molar-refractivity contribution >= 4 is 5.78 Å². The Balaban J connectivity index is 1.79. The maximum absolute atomic E-state index is 12.7. The lowest BCUT2D eigenvalue weighted by Gasteiger charge is -2.13. The quantitative estimate of drug-likeness (QED) is 0.770. The lowest BCUT2D eigenvalue weighted by molar-refractivity contribution is 0.0912. The summed E-state index contributed by atoms with van der Waals surface area (Å²) in [5, 5.41) is 0. The number of hydrogen-bond donors (Lipinski definition) is 0. The van der Waals surface area contributed by atoms with Crippen LogP contribution >= 0.6 is 0 Å². The zero-order valence-corrected chi connectivity index (χ0v) is 12.9. The summed E-state index contributed by atoms with van der Waals surface area (Å²) in [7, 11) is 0. The second kappa shape index (κ2) is 6.73. The van der Waals surface area contributed by atoms with Crippen LogP contribution in [-0.2, 0) is 6.61 Å². The van der Waals surface area contributed by atoms with Crippen LogP contribution in [0.4, 0.5) is 0 Å². The third-order valence-electron chi connectivity index (χ3n) is 4.19. The molecule has 0 amide bonds. The number of pyridine rings is 1. The molecule has 1 heterocycles. The molecule has 2 aromatic rings. The molecule has 0 aliphatic heterocycles. The largest absolute Gasteiger partial charge is 0.487 e. The van der Waals surface area contributed by atoms with E-state index in [9.17, 15) is 4.79 Å². The predicted octanol–water partition coefficient (Wildman–Crippen LogP) is 4.34. The van der Waals surface area contributed by atoms with E-state index in [1.165, 1.54) is 0 Å². The fraction of sp³-hybridized carbons (Fsp3) is 0.368. The molecule has 1 aromatic carbocycles. The summed E-state index contributed by atoms with van der Waals surface area (Å²) >= 11 is 0. The van der Waals surface area contributed by atoms with E-state index in [-0.39, 0.29) is 11.7 Å². The lowest BCUT2D eigenvalue weighted by atomic mass is 9.99. The van der Waals surface area contributed by atoms with Crippen LogP contribution in [0.15, 0.2) is 42.5 Å². The SMILES string of the molecule is Cc1ccc(OCc2ccccc2)c(C(=O)C2CCCC2)n1. The molecule has 3 nitrogen and oxygen atoms in total. The first-order valence-electron chi connectivity index (χ1n) is 7.92. The molecule has 0 bridgehead atoms. The van der Waals surface area contributed by atoms with Crippen LogP contribution in [0.1, 0.15) is 47.4 Å². The summed E-state index contributed by atoms with van der Waals surface area (Å²) in [4.78, 5) is 17.1. The maximum Gasteiger partial charge on any atom is 0.188 e. The van der Waals surface area contributed by atoms with Gasteiger partial charge in [-0.3, -0.25) is 4.79 Å². The van der Waals surface area contributed by atoms with Crippen molar-refractivity contribution in [1.29, 1.82) is 0 Å². The van der Waals surface area contributed by atoms with E-state index in [0.29, 0.717) is 18.1 Å². The Labute approximate surface area is 131 Å². The van der Waals surface area contributed by atoms with Crippen LogP contribution < -0.4 is 4.74 Å². The molecule has 1 aliphatic carbocycles. The van der Waals surface area contributed by atoms with Gasteiger partial charge in [-0.2, -0.15) is 0 Å². The van der Waals surface area contributed by atoms with Gasteiger partial charge in [-0.05, 0) is 37.5 Å². The Bertz CT molecular complexity index is 646. The fourth-order valence-corrected chi connectivity index (χ4v) is 2.95. The van der Waals surface area contributed by atoms with E-state index >= 15 is 0 Å². The zero-order chi connectivity index (χ0) is 15.4. The Morgan fingerprint density at radius 2 is 1.86 bits per heavy atom. The molecule has 1 aliphatic rings. The van der Waals surface area contributed by atoms with Crippen LogP contribution in [0.5, 0.6) is 5.75 Å². The molecule has 1 aromatic heterocycles. The smallest absolute Gasteiger partial charge is 0.188 e. The first-order valence-corrected chi connectivity index (χ1v) is 7.92. The van der Waals surface area contributed by atoms with Crippen LogP contribution in [0.2, 0.25) is 0 Å². The number of ether oxygens (including phenoxy) is 1. The Morgan fingerprint density at radius 1 is 1.14 bits per heavy atom. The summed E-state index contributed by atoms with van der Waals surface area (Å²) in [5.41, 5.74) is 2.44. The second-order valence-electron chi connectivity index (χ2n) is 5.92. The first kappa shape index (κ1) is 14.8. The molecule has 0 atom stereocenters. The van der Waals surface area contributed by atoms with Gasteiger partial charge in [-0.1, -0.05) is 43.2 Å². The minimum Gasteiger partial charge on any atom is -0.487 e. The highest BCUT2D eigenvalue weighted by molar-refractivity contribution is 5.98. The lowest BCUT2D eigenvalue weighted by Crippen LogP contribution is -2.15. The number of benzene rings is 1. The van der Waals surface area contributed by atoms with E-state index < -0.39 is 0 Å². The van der Waals surface area contributed by atoms with Crippen LogP contribution in [-0.4, -0.2) is 10.8 Å². The molecule has 0 radical (unpaired) electrons. The highest BCUT2D eigenvalue weighted by atomic mass is 16.5. The number of nitrogens with zero attached hydrogens (tertiary/aromatic N) is 1. The minimum atomic E-state index is 0.119. The van der Waals surface area contributed by atoms with Crippen molar-refractivity contribution in [3.05, 3.63) is 59.4 Å². The number of aryl methyl sites for hydroxylation is 1. The molecule has 0 spiro atoms. The van der Waals surface area contributed by atoms with E-state index in [4.69, 9.17) is 4.74 Å². The summed E-state index contributed by atoms with van der Waals surface area (Å²) in [6, 6.07) is 13.7. The van der Waals surface area contributed by atoms with Crippen molar-refractivity contribution < 1.29 is 9.53 Å². The molecule has 3 rings (SSSR count). The third kappa shape index (κ3) is 3.35. The van der Waals surface area contributed by atoms with Gasteiger partial charge in [0.15, 0.2) is 5.78 Å². The van der Waals surface area contributed by atoms with E-state index in [1.54, 1.807) is 0 Å². The average Bonchev–Trinajstić information content (AvgIpc) is 3.08. The second-order valence-corrected chi connectivity index (χ2v) is 5.92. The molecule has 1 saturated carbocycles. The number of carbonyl (C=O) groups is 1. The first-order chi connectivity index (χ1) is 10.7. The topological polar surface area (TPSA) is 39.2 Å². The summed E-state index contributed by atoms with van der Waals surface area (Å²) in [6.45, 7) is 2.36. The number of ketones is 1. The van der Waals surface area contributed by atoms with Crippen molar-refractivity contribution in [2.75, 3.05) is 0 Å². The summed E-state index contributed by atoms with van der Waals surface area (Å²) in [6.07, 6.45) is 4.24. The summed E-state index contributed by atoms with van der Waals surface area (Å²) in [5.74, 6) is 0.865.